The Labute approximate surface area is 105 Å². The molecule has 0 aliphatic carbocycles. The molecular formula is C10H14ClN3O3. The molecule has 6 nitrogen and oxygen atoms in total. The van der Waals surface area contributed by atoms with Crippen LogP contribution in [0.15, 0.2) is 6.20 Å². The predicted molar refractivity (Wildman–Crippen MR) is 63.5 cm³/mol. The van der Waals surface area contributed by atoms with Gasteiger partial charge in [-0.1, -0.05) is 11.6 Å². The number of carbonyl (C=O) groups excluding carboxylic acids is 1. The summed E-state index contributed by atoms with van der Waals surface area (Å²) in [6, 6.07) is 0.195. The van der Waals surface area contributed by atoms with Gasteiger partial charge < -0.3 is 14.4 Å². The van der Waals surface area contributed by atoms with Crippen molar-refractivity contribution >= 4 is 23.4 Å². The Balaban J connectivity index is 2.80. The molecule has 0 saturated carbocycles. The first-order chi connectivity index (χ1) is 8.08. The van der Waals surface area contributed by atoms with E-state index in [1.165, 1.54) is 13.3 Å². The number of carbonyl (C=O) groups is 1. The number of methoxy groups -OCH3 is 1. The van der Waals surface area contributed by atoms with Crippen molar-refractivity contribution in [2.24, 2.45) is 0 Å². The fraction of sp³-hybridized carbons (Fsp3) is 0.500. The summed E-state index contributed by atoms with van der Waals surface area (Å²) in [5.74, 6) is 0.0789. The van der Waals surface area contributed by atoms with E-state index < -0.39 is 0 Å². The summed E-state index contributed by atoms with van der Waals surface area (Å²) in [5, 5.41) is 0.345. The molecule has 0 spiro atoms. The highest BCUT2D eigenvalue weighted by molar-refractivity contribution is 6.32. The van der Waals surface area contributed by atoms with E-state index in [1.807, 2.05) is 0 Å². The van der Waals surface area contributed by atoms with Gasteiger partial charge in [0.15, 0.2) is 5.82 Å². The molecule has 17 heavy (non-hydrogen) atoms. The molecule has 0 N–H and O–H groups in total. The van der Waals surface area contributed by atoms with E-state index in [2.05, 4.69) is 9.97 Å². The number of esters is 1. The number of nitrogens with zero attached hydrogens (tertiary/aromatic N) is 3. The van der Waals surface area contributed by atoms with E-state index in [1.54, 1.807) is 18.9 Å². The Morgan fingerprint density at radius 2 is 2.29 bits per heavy atom. The first-order valence-corrected chi connectivity index (χ1v) is 5.39. The van der Waals surface area contributed by atoms with E-state index >= 15 is 0 Å². The molecule has 1 aromatic heterocycles. The molecule has 0 atom stereocenters. The van der Waals surface area contributed by atoms with Crippen LogP contribution in [0.2, 0.25) is 5.02 Å². The molecule has 94 valence electrons. The zero-order valence-corrected chi connectivity index (χ0v) is 10.7. The molecule has 0 saturated heterocycles. The Morgan fingerprint density at radius 1 is 1.59 bits per heavy atom. The zero-order chi connectivity index (χ0) is 12.8. The summed E-state index contributed by atoms with van der Waals surface area (Å²) in [6.45, 7) is 2.15. The zero-order valence-electron chi connectivity index (χ0n) is 9.94. The van der Waals surface area contributed by atoms with E-state index in [4.69, 9.17) is 21.1 Å². The molecule has 0 aliphatic heterocycles. The average Bonchev–Trinajstić information content (AvgIpc) is 2.29. The van der Waals surface area contributed by atoms with Crippen molar-refractivity contribution < 1.29 is 14.3 Å². The van der Waals surface area contributed by atoms with Crippen molar-refractivity contribution in [1.82, 2.24) is 9.97 Å². The summed E-state index contributed by atoms with van der Waals surface area (Å²) in [7, 11) is 3.14. The summed E-state index contributed by atoms with van der Waals surface area (Å²) in [4.78, 5) is 20.8. The van der Waals surface area contributed by atoms with E-state index in [-0.39, 0.29) is 18.5 Å². The van der Waals surface area contributed by atoms with E-state index in [9.17, 15) is 4.79 Å². The van der Waals surface area contributed by atoms with Crippen molar-refractivity contribution in [3.63, 3.8) is 0 Å². The minimum absolute atomic E-state index is 0.0632. The minimum atomic E-state index is -0.344. The second-order valence-corrected chi connectivity index (χ2v) is 3.60. The highest BCUT2D eigenvalue weighted by Gasteiger charge is 2.14. The molecule has 0 radical (unpaired) electrons. The molecule has 1 aromatic rings. The number of ether oxygens (including phenoxy) is 2. The second-order valence-electron chi connectivity index (χ2n) is 3.19. The smallest absolute Gasteiger partial charge is 0.325 e. The van der Waals surface area contributed by atoms with Gasteiger partial charge in [0.25, 0.3) is 0 Å². The third-order valence-electron chi connectivity index (χ3n) is 1.92. The van der Waals surface area contributed by atoms with Crippen LogP contribution in [-0.2, 0) is 9.53 Å². The van der Waals surface area contributed by atoms with Crippen molar-refractivity contribution in [3.8, 4) is 6.01 Å². The highest BCUT2D eigenvalue weighted by atomic mass is 35.5. The lowest BCUT2D eigenvalue weighted by molar-refractivity contribution is -0.141. The second kappa shape index (κ2) is 6.24. The maximum Gasteiger partial charge on any atom is 0.325 e. The largest absolute Gasteiger partial charge is 0.467 e. The van der Waals surface area contributed by atoms with Gasteiger partial charge in [-0.2, -0.15) is 4.98 Å². The number of hydrogen-bond donors (Lipinski definition) is 0. The fourth-order valence-electron chi connectivity index (χ4n) is 1.18. The van der Waals surface area contributed by atoms with Crippen molar-refractivity contribution in [2.75, 3.05) is 32.2 Å². The van der Waals surface area contributed by atoms with Crippen LogP contribution in [0.4, 0.5) is 5.82 Å². The maximum atomic E-state index is 11.3. The third kappa shape index (κ3) is 3.74. The highest BCUT2D eigenvalue weighted by Crippen LogP contribution is 2.23. The predicted octanol–water partition coefficient (Wildman–Crippen LogP) is 1.14. The lowest BCUT2D eigenvalue weighted by atomic mass is 10.5. The molecule has 0 aromatic carbocycles. The standard InChI is InChI=1S/C10H14ClN3O3/c1-4-17-8(15)6-14(2)9-7(11)5-12-10(13-9)16-3/h5H,4,6H2,1-3H3. The van der Waals surface area contributed by atoms with Gasteiger partial charge in [-0.05, 0) is 6.92 Å². The van der Waals surface area contributed by atoms with Gasteiger partial charge in [0.1, 0.15) is 11.6 Å². The van der Waals surface area contributed by atoms with Crippen LogP contribution < -0.4 is 9.64 Å². The molecule has 0 aliphatic rings. The van der Waals surface area contributed by atoms with Crippen molar-refractivity contribution in [2.45, 2.75) is 6.92 Å². The Bertz CT molecular complexity index is 400. The van der Waals surface area contributed by atoms with Crippen molar-refractivity contribution in [3.05, 3.63) is 11.2 Å². The maximum absolute atomic E-state index is 11.3. The van der Waals surface area contributed by atoms with E-state index in [0.29, 0.717) is 17.4 Å². The molecule has 0 unspecified atom stereocenters. The van der Waals surface area contributed by atoms with Gasteiger partial charge in [0, 0.05) is 7.05 Å². The van der Waals surface area contributed by atoms with Gasteiger partial charge in [-0.3, -0.25) is 4.79 Å². The molecule has 0 amide bonds. The van der Waals surface area contributed by atoms with Crippen LogP contribution in [0.3, 0.4) is 0 Å². The number of halogens is 1. The van der Waals surface area contributed by atoms with Crippen LogP contribution in [0.1, 0.15) is 6.92 Å². The van der Waals surface area contributed by atoms with Gasteiger partial charge in [0.2, 0.25) is 0 Å². The van der Waals surface area contributed by atoms with Crippen LogP contribution in [0.25, 0.3) is 0 Å². The molecule has 1 rings (SSSR count). The summed E-state index contributed by atoms with van der Waals surface area (Å²) < 4.78 is 9.72. The normalized spacial score (nSPS) is 9.88. The summed E-state index contributed by atoms with van der Waals surface area (Å²) >= 11 is 5.93. The SMILES string of the molecule is CCOC(=O)CN(C)c1nc(OC)ncc1Cl. The first-order valence-electron chi connectivity index (χ1n) is 5.01. The summed E-state index contributed by atoms with van der Waals surface area (Å²) in [6.07, 6.45) is 1.42. The number of hydrogen-bond acceptors (Lipinski definition) is 6. The lowest BCUT2D eigenvalue weighted by Gasteiger charge is -2.18. The number of likely N-dealkylation sites (N-methyl/N-ethyl adjacent to an activating group) is 1. The number of rotatable bonds is 5. The topological polar surface area (TPSA) is 64.5 Å². The first kappa shape index (κ1) is 13.5. The van der Waals surface area contributed by atoms with Crippen LogP contribution in [0, 0.1) is 0 Å². The van der Waals surface area contributed by atoms with Crippen LogP contribution >= 0.6 is 11.6 Å². The summed E-state index contributed by atoms with van der Waals surface area (Å²) in [5.41, 5.74) is 0. The third-order valence-corrected chi connectivity index (χ3v) is 2.19. The van der Waals surface area contributed by atoms with Gasteiger partial charge in [-0.25, -0.2) is 4.98 Å². The number of anilines is 1. The quantitative estimate of drug-likeness (QED) is 0.739. The minimum Gasteiger partial charge on any atom is -0.467 e. The van der Waals surface area contributed by atoms with Gasteiger partial charge >= 0.3 is 12.0 Å². The fourth-order valence-corrected chi connectivity index (χ4v) is 1.42. The molecule has 1 heterocycles. The Kier molecular flexibility index (Phi) is 4.96. The average molecular weight is 260 g/mol. The molecule has 0 bridgehead atoms. The van der Waals surface area contributed by atoms with Crippen LogP contribution in [0.5, 0.6) is 6.01 Å². The molecule has 0 fully saturated rings. The van der Waals surface area contributed by atoms with Gasteiger partial charge in [-0.15, -0.1) is 0 Å². The van der Waals surface area contributed by atoms with Gasteiger partial charge in [0.05, 0.1) is 19.9 Å². The lowest BCUT2D eigenvalue weighted by Crippen LogP contribution is -2.28. The Morgan fingerprint density at radius 3 is 2.88 bits per heavy atom. The van der Waals surface area contributed by atoms with E-state index in [0.717, 1.165) is 0 Å². The van der Waals surface area contributed by atoms with Crippen molar-refractivity contribution in [1.29, 1.82) is 0 Å². The molecular weight excluding hydrogens is 246 g/mol. The van der Waals surface area contributed by atoms with Crippen LogP contribution in [-0.4, -0.2) is 43.2 Å². The monoisotopic (exact) mass is 259 g/mol. The Hall–Kier alpha value is -1.56. The number of aromatic nitrogens is 2. The molecule has 7 heteroatoms.